The number of aryl methyl sites for hydroxylation is 1. The van der Waals surface area contributed by atoms with Gasteiger partial charge in [0.2, 0.25) is 0 Å². The summed E-state index contributed by atoms with van der Waals surface area (Å²) in [5.41, 5.74) is 9.83. The molecule has 0 aliphatic carbocycles. The van der Waals surface area contributed by atoms with Gasteiger partial charge in [-0.15, -0.1) is 0 Å². The summed E-state index contributed by atoms with van der Waals surface area (Å²) in [5, 5.41) is 13.2. The van der Waals surface area contributed by atoms with Crippen LogP contribution in [0.2, 0.25) is 5.15 Å². The second kappa shape index (κ2) is 9.60. The number of carboxylic acids is 1. The Kier molecular flexibility index (Phi) is 6.57. The molecule has 2 aromatic heterocycles. The number of carboxylic acid groups (broad SMARTS) is 1. The van der Waals surface area contributed by atoms with Crippen molar-refractivity contribution < 1.29 is 14.3 Å². The lowest BCUT2D eigenvalue weighted by molar-refractivity contribution is 0.0691. The molecular weight excluding hydrogens is 468 g/mol. The minimum Gasteiger partial charge on any atom is -0.476 e. The Morgan fingerprint density at radius 3 is 2.71 bits per heavy atom. The Morgan fingerprint density at radius 2 is 2.00 bits per heavy atom. The van der Waals surface area contributed by atoms with Crippen LogP contribution in [0.5, 0.6) is 0 Å². The first-order chi connectivity index (χ1) is 16.7. The average Bonchev–Trinajstić information content (AvgIpc) is 2.81. The highest BCUT2D eigenvalue weighted by Crippen LogP contribution is 2.32. The highest BCUT2D eigenvalue weighted by molar-refractivity contribution is 6.29. The lowest BCUT2D eigenvalue weighted by atomic mass is 10.00. The summed E-state index contributed by atoms with van der Waals surface area (Å²) < 4.78 is 6.27. The van der Waals surface area contributed by atoms with E-state index in [0.717, 1.165) is 5.56 Å². The molecule has 0 aliphatic heterocycles. The molecule has 9 heteroatoms. The number of aliphatic imine (C=N–C) groups is 1. The van der Waals surface area contributed by atoms with Crippen molar-refractivity contribution in [3.63, 3.8) is 0 Å². The van der Waals surface area contributed by atoms with Crippen LogP contribution in [-0.4, -0.2) is 29.3 Å². The zero-order valence-corrected chi connectivity index (χ0v) is 20.1. The van der Waals surface area contributed by atoms with E-state index in [1.54, 1.807) is 43.6 Å². The normalized spacial score (nSPS) is 12.2. The maximum absolute atomic E-state index is 13.1. The summed E-state index contributed by atoms with van der Waals surface area (Å²) in [6.07, 6.45) is 1.64. The van der Waals surface area contributed by atoms with Crippen LogP contribution in [0.3, 0.4) is 0 Å². The van der Waals surface area contributed by atoms with Gasteiger partial charge in [-0.3, -0.25) is 9.79 Å². The minimum atomic E-state index is -1.21. The van der Waals surface area contributed by atoms with Gasteiger partial charge in [0.25, 0.3) is 0 Å². The Morgan fingerprint density at radius 1 is 1.23 bits per heavy atom. The first-order valence-corrected chi connectivity index (χ1v) is 11.1. The zero-order chi connectivity index (χ0) is 25.3. The first kappa shape index (κ1) is 24.0. The van der Waals surface area contributed by atoms with Crippen molar-refractivity contribution >= 4 is 46.1 Å². The minimum absolute atomic E-state index is 0.0771. The molecule has 0 bridgehead atoms. The Balaban J connectivity index is 1.85. The number of halogens is 1. The molecule has 2 aromatic carbocycles. The lowest BCUT2D eigenvalue weighted by Crippen LogP contribution is -2.13. The number of carbonyl (C=O) groups is 1. The highest BCUT2D eigenvalue weighted by atomic mass is 35.5. The average molecular weight is 491 g/mol. The predicted octanol–water partition coefficient (Wildman–Crippen LogP) is 5.32. The maximum Gasteiger partial charge on any atom is 0.356 e. The van der Waals surface area contributed by atoms with E-state index < -0.39 is 12.0 Å². The van der Waals surface area contributed by atoms with Gasteiger partial charge in [0, 0.05) is 41.7 Å². The number of hydrogen-bond acceptors (Lipinski definition) is 7. The monoisotopic (exact) mass is 490 g/mol. The molecule has 2 heterocycles. The van der Waals surface area contributed by atoms with E-state index in [1.807, 2.05) is 19.9 Å². The van der Waals surface area contributed by atoms with Gasteiger partial charge in [-0.2, -0.15) is 0 Å². The van der Waals surface area contributed by atoms with Crippen molar-refractivity contribution in [1.29, 1.82) is 0 Å². The van der Waals surface area contributed by atoms with Crippen LogP contribution in [-0.2, 0) is 0 Å². The number of nitrogens with two attached hydrogens (primary N) is 1. The molecule has 0 amide bonds. The summed E-state index contributed by atoms with van der Waals surface area (Å²) in [4.78, 5) is 32.7. The van der Waals surface area contributed by atoms with E-state index in [1.165, 1.54) is 12.1 Å². The molecule has 0 aliphatic rings. The van der Waals surface area contributed by atoms with Gasteiger partial charge < -0.3 is 20.6 Å². The Bertz CT molecular complexity index is 1540. The van der Waals surface area contributed by atoms with Crippen LogP contribution in [0, 0.1) is 6.92 Å². The maximum atomic E-state index is 13.1. The smallest absolute Gasteiger partial charge is 0.356 e. The Labute approximate surface area is 206 Å². The van der Waals surface area contributed by atoms with Crippen LogP contribution >= 0.6 is 11.6 Å². The van der Waals surface area contributed by atoms with Crippen molar-refractivity contribution in [3.8, 4) is 11.3 Å². The number of benzene rings is 2. The highest BCUT2D eigenvalue weighted by Gasteiger charge is 2.20. The fourth-order valence-electron chi connectivity index (χ4n) is 3.90. The van der Waals surface area contributed by atoms with Crippen LogP contribution in [0.15, 0.2) is 62.7 Å². The van der Waals surface area contributed by atoms with Crippen molar-refractivity contribution in [2.45, 2.75) is 19.9 Å². The van der Waals surface area contributed by atoms with Crippen LogP contribution < -0.4 is 16.5 Å². The number of nitrogens with zero attached hydrogens (tertiary/aromatic N) is 2. The number of nitrogen functional groups attached to an aromatic ring is 1. The van der Waals surface area contributed by atoms with Gasteiger partial charge >= 0.3 is 5.97 Å². The molecule has 178 valence electrons. The standard InChI is InChI=1S/C26H23ClN4O4/c1-13-8-17(14(2)30-20-6-7-23(27)31-24(20)26(33)34)25-18(9-13)21(32)11-22(35-25)15-4-5-19(28)16(10-15)12-29-3/h4-12,14,30H,28H2,1-3H3,(H,33,34). The fourth-order valence-corrected chi connectivity index (χ4v) is 4.05. The summed E-state index contributed by atoms with van der Waals surface area (Å²) in [7, 11) is 1.65. The lowest BCUT2D eigenvalue weighted by Gasteiger charge is -2.19. The third kappa shape index (κ3) is 4.88. The second-order valence-corrected chi connectivity index (χ2v) is 8.53. The van der Waals surface area contributed by atoms with Gasteiger partial charge in [0.15, 0.2) is 11.1 Å². The van der Waals surface area contributed by atoms with Gasteiger partial charge in [0.1, 0.15) is 16.5 Å². The van der Waals surface area contributed by atoms with Crippen molar-refractivity contribution in [1.82, 2.24) is 4.98 Å². The summed E-state index contributed by atoms with van der Waals surface area (Å²) in [6.45, 7) is 3.73. The number of nitrogens with one attached hydrogen (secondary N) is 1. The number of aromatic nitrogens is 1. The van der Waals surface area contributed by atoms with E-state index >= 15 is 0 Å². The number of rotatable bonds is 6. The van der Waals surface area contributed by atoms with E-state index in [9.17, 15) is 14.7 Å². The molecule has 0 fully saturated rings. The predicted molar refractivity (Wildman–Crippen MR) is 139 cm³/mol. The molecule has 4 rings (SSSR count). The molecular formula is C26H23ClN4O4. The largest absolute Gasteiger partial charge is 0.476 e. The quantitative estimate of drug-likeness (QED) is 0.189. The zero-order valence-electron chi connectivity index (χ0n) is 19.3. The fraction of sp³-hybridized carbons (Fsp3) is 0.154. The first-order valence-electron chi connectivity index (χ1n) is 10.7. The van der Waals surface area contributed by atoms with E-state index in [0.29, 0.717) is 44.8 Å². The van der Waals surface area contributed by atoms with Crippen molar-refractivity contribution in [2.24, 2.45) is 4.99 Å². The summed E-state index contributed by atoms with van der Waals surface area (Å²) >= 11 is 5.88. The van der Waals surface area contributed by atoms with Crippen LogP contribution in [0.4, 0.5) is 11.4 Å². The van der Waals surface area contributed by atoms with Gasteiger partial charge in [-0.1, -0.05) is 17.7 Å². The van der Waals surface area contributed by atoms with Gasteiger partial charge in [-0.05, 0) is 55.8 Å². The van der Waals surface area contributed by atoms with Crippen LogP contribution in [0.25, 0.3) is 22.3 Å². The molecule has 1 unspecified atom stereocenters. The second-order valence-electron chi connectivity index (χ2n) is 8.14. The third-order valence-corrected chi connectivity index (χ3v) is 5.75. The number of pyridine rings is 1. The van der Waals surface area contributed by atoms with E-state index in [4.69, 9.17) is 21.8 Å². The number of hydrogen-bond donors (Lipinski definition) is 3. The molecule has 0 spiro atoms. The van der Waals surface area contributed by atoms with E-state index in [2.05, 4.69) is 15.3 Å². The van der Waals surface area contributed by atoms with Gasteiger partial charge in [0.05, 0.1) is 17.1 Å². The molecule has 0 saturated heterocycles. The number of aromatic carboxylic acids is 1. The summed E-state index contributed by atoms with van der Waals surface area (Å²) in [6, 6.07) is 13.1. The number of fused-ring (bicyclic) bond motifs is 1. The van der Waals surface area contributed by atoms with Crippen molar-refractivity contribution in [3.05, 3.63) is 86.3 Å². The van der Waals surface area contributed by atoms with Crippen molar-refractivity contribution in [2.75, 3.05) is 18.1 Å². The van der Waals surface area contributed by atoms with E-state index in [-0.39, 0.29) is 16.3 Å². The Hall–Kier alpha value is -4.17. The molecule has 8 nitrogen and oxygen atoms in total. The molecule has 0 radical (unpaired) electrons. The molecule has 4 N–H and O–H groups in total. The van der Waals surface area contributed by atoms with Gasteiger partial charge in [-0.25, -0.2) is 9.78 Å². The number of anilines is 2. The molecule has 35 heavy (non-hydrogen) atoms. The molecule has 4 aromatic rings. The third-order valence-electron chi connectivity index (χ3n) is 5.54. The molecule has 0 saturated carbocycles. The molecule has 1 atom stereocenters. The SMILES string of the molecule is CN=Cc1cc(-c2cc(=O)c3cc(C)cc(C(C)Nc4ccc(Cl)nc4C(=O)O)c3o2)ccc1N. The summed E-state index contributed by atoms with van der Waals surface area (Å²) in [5.74, 6) is -0.829. The topological polar surface area (TPSA) is 131 Å². The van der Waals surface area contributed by atoms with Crippen LogP contribution in [0.1, 0.15) is 40.1 Å².